The first-order valence-corrected chi connectivity index (χ1v) is 4.15. The first-order chi connectivity index (χ1) is 5.61. The summed E-state index contributed by atoms with van der Waals surface area (Å²) in [4.78, 5) is 0. The number of rotatable bonds is 0. The van der Waals surface area contributed by atoms with Crippen LogP contribution < -0.4 is 0 Å². The van der Waals surface area contributed by atoms with E-state index in [4.69, 9.17) is 0 Å². The summed E-state index contributed by atoms with van der Waals surface area (Å²) in [5, 5.41) is 19.3. The van der Waals surface area contributed by atoms with Crippen LogP contribution in [0.4, 0.5) is 0 Å². The molecule has 0 radical (unpaired) electrons. The molecule has 2 rings (SSSR count). The van der Waals surface area contributed by atoms with Gasteiger partial charge in [0.1, 0.15) is 5.75 Å². The molecule has 1 aliphatic carbocycles. The van der Waals surface area contributed by atoms with Gasteiger partial charge < -0.3 is 10.2 Å². The molecule has 0 saturated carbocycles. The van der Waals surface area contributed by atoms with Crippen LogP contribution in [0.3, 0.4) is 0 Å². The minimum atomic E-state index is -0.742. The molecule has 0 saturated heterocycles. The number of phenolic OH excluding ortho intramolecular Hbond substituents is 1. The Bertz CT molecular complexity index is 316. The second kappa shape index (κ2) is 2.23. The van der Waals surface area contributed by atoms with E-state index in [0.717, 1.165) is 17.5 Å². The molecule has 0 heterocycles. The quantitative estimate of drug-likeness (QED) is 0.610. The number of aromatic hydroxyl groups is 1. The van der Waals surface area contributed by atoms with Crippen molar-refractivity contribution in [2.45, 2.75) is 25.4 Å². The zero-order chi connectivity index (χ0) is 8.77. The number of benzene rings is 1. The Labute approximate surface area is 71.5 Å². The topological polar surface area (TPSA) is 40.5 Å². The molecule has 0 spiro atoms. The lowest BCUT2D eigenvalue weighted by Gasteiger charge is -2.17. The third kappa shape index (κ3) is 0.916. The lowest BCUT2D eigenvalue weighted by molar-refractivity contribution is 0.0594. The summed E-state index contributed by atoms with van der Waals surface area (Å²) in [6.07, 6.45) is 1.48. The smallest absolute Gasteiger partial charge is 0.119 e. The molecule has 64 valence electrons. The first kappa shape index (κ1) is 7.62. The fraction of sp³-hybridized carbons (Fsp3) is 0.400. The van der Waals surface area contributed by atoms with Crippen molar-refractivity contribution in [3.8, 4) is 5.75 Å². The van der Waals surface area contributed by atoms with Crippen LogP contribution in [0.15, 0.2) is 18.2 Å². The zero-order valence-corrected chi connectivity index (χ0v) is 7.04. The Balaban J connectivity index is 2.61. The molecule has 1 aliphatic rings. The molecule has 0 unspecified atom stereocenters. The average molecular weight is 164 g/mol. The van der Waals surface area contributed by atoms with Crippen LogP contribution in [0.2, 0.25) is 0 Å². The van der Waals surface area contributed by atoms with Gasteiger partial charge in [-0.3, -0.25) is 0 Å². The minimum absolute atomic E-state index is 0.310. The molecule has 0 bridgehead atoms. The zero-order valence-electron chi connectivity index (χ0n) is 7.04. The monoisotopic (exact) mass is 164 g/mol. The largest absolute Gasteiger partial charge is 0.508 e. The van der Waals surface area contributed by atoms with Gasteiger partial charge in [-0.25, -0.2) is 0 Å². The highest BCUT2D eigenvalue weighted by molar-refractivity contribution is 5.45. The number of hydrogen-bond acceptors (Lipinski definition) is 2. The summed E-state index contributed by atoms with van der Waals surface area (Å²) in [7, 11) is 0. The van der Waals surface area contributed by atoms with Crippen molar-refractivity contribution in [1.29, 1.82) is 0 Å². The lowest BCUT2D eigenvalue weighted by atomic mass is 9.98. The van der Waals surface area contributed by atoms with Crippen molar-refractivity contribution < 1.29 is 10.2 Å². The number of aliphatic hydroxyl groups is 1. The van der Waals surface area contributed by atoms with Crippen LogP contribution in [-0.2, 0) is 12.0 Å². The molecule has 1 aromatic carbocycles. The summed E-state index contributed by atoms with van der Waals surface area (Å²) in [6.45, 7) is 1.79. The maximum absolute atomic E-state index is 9.86. The highest BCUT2D eigenvalue weighted by atomic mass is 16.3. The van der Waals surface area contributed by atoms with Crippen LogP contribution in [0.1, 0.15) is 24.5 Å². The van der Waals surface area contributed by atoms with Crippen molar-refractivity contribution in [2.75, 3.05) is 0 Å². The molecular weight excluding hydrogens is 152 g/mol. The van der Waals surface area contributed by atoms with Crippen LogP contribution in [0.5, 0.6) is 5.75 Å². The van der Waals surface area contributed by atoms with Gasteiger partial charge in [0.25, 0.3) is 0 Å². The Morgan fingerprint density at radius 1 is 1.42 bits per heavy atom. The normalized spacial score (nSPS) is 27.2. The van der Waals surface area contributed by atoms with Crippen LogP contribution in [-0.4, -0.2) is 10.2 Å². The molecular formula is C10H12O2. The van der Waals surface area contributed by atoms with Gasteiger partial charge in [0, 0.05) is 5.56 Å². The van der Waals surface area contributed by atoms with E-state index in [1.54, 1.807) is 19.1 Å². The van der Waals surface area contributed by atoms with Gasteiger partial charge in [0.15, 0.2) is 0 Å². The molecule has 1 aromatic rings. The Morgan fingerprint density at radius 2 is 2.17 bits per heavy atom. The third-order valence-corrected chi connectivity index (χ3v) is 2.59. The molecule has 0 aliphatic heterocycles. The highest BCUT2D eigenvalue weighted by Crippen LogP contribution is 2.40. The SMILES string of the molecule is C[C@@]1(O)CCc2c(O)cccc21. The molecule has 2 N–H and O–H groups in total. The van der Waals surface area contributed by atoms with Gasteiger partial charge in [-0.15, -0.1) is 0 Å². The van der Waals surface area contributed by atoms with Crippen molar-refractivity contribution >= 4 is 0 Å². The number of fused-ring (bicyclic) bond motifs is 1. The van der Waals surface area contributed by atoms with E-state index in [1.807, 2.05) is 6.07 Å². The maximum atomic E-state index is 9.86. The maximum Gasteiger partial charge on any atom is 0.119 e. The fourth-order valence-corrected chi connectivity index (χ4v) is 1.85. The van der Waals surface area contributed by atoms with E-state index < -0.39 is 5.60 Å². The first-order valence-electron chi connectivity index (χ1n) is 4.15. The van der Waals surface area contributed by atoms with Gasteiger partial charge in [0.05, 0.1) is 5.60 Å². The number of hydrogen-bond donors (Lipinski definition) is 2. The molecule has 0 aromatic heterocycles. The van der Waals surface area contributed by atoms with Gasteiger partial charge in [-0.05, 0) is 31.4 Å². The molecule has 2 heteroatoms. The summed E-state index contributed by atoms with van der Waals surface area (Å²) in [5.41, 5.74) is 1.04. The van der Waals surface area contributed by atoms with Gasteiger partial charge >= 0.3 is 0 Å². The van der Waals surface area contributed by atoms with Crippen molar-refractivity contribution in [2.24, 2.45) is 0 Å². The summed E-state index contributed by atoms with van der Waals surface area (Å²) in [5.74, 6) is 0.310. The van der Waals surface area contributed by atoms with Gasteiger partial charge in [-0.1, -0.05) is 12.1 Å². The van der Waals surface area contributed by atoms with Crippen molar-refractivity contribution in [1.82, 2.24) is 0 Å². The van der Waals surface area contributed by atoms with Crippen LogP contribution >= 0.6 is 0 Å². The second-order valence-electron chi connectivity index (χ2n) is 3.58. The van der Waals surface area contributed by atoms with E-state index >= 15 is 0 Å². The Morgan fingerprint density at radius 3 is 2.83 bits per heavy atom. The van der Waals surface area contributed by atoms with E-state index in [-0.39, 0.29) is 0 Å². The van der Waals surface area contributed by atoms with Crippen molar-refractivity contribution in [3.05, 3.63) is 29.3 Å². The standard InChI is InChI=1S/C10H12O2/c1-10(12)6-5-7-8(10)3-2-4-9(7)11/h2-4,11-12H,5-6H2,1H3/t10-/m1/s1. The fourth-order valence-electron chi connectivity index (χ4n) is 1.85. The average Bonchev–Trinajstić information content (AvgIpc) is 2.30. The predicted molar refractivity (Wildman–Crippen MR) is 46.0 cm³/mol. The van der Waals surface area contributed by atoms with Gasteiger partial charge in [-0.2, -0.15) is 0 Å². The van der Waals surface area contributed by atoms with E-state index in [2.05, 4.69) is 0 Å². The molecule has 2 nitrogen and oxygen atoms in total. The molecule has 0 fully saturated rings. The number of phenols is 1. The van der Waals surface area contributed by atoms with Crippen molar-refractivity contribution in [3.63, 3.8) is 0 Å². The molecule has 0 amide bonds. The summed E-state index contributed by atoms with van der Waals surface area (Å²) < 4.78 is 0. The van der Waals surface area contributed by atoms with Gasteiger partial charge in [0.2, 0.25) is 0 Å². The Hall–Kier alpha value is -1.02. The summed E-state index contributed by atoms with van der Waals surface area (Å²) >= 11 is 0. The van der Waals surface area contributed by atoms with Crippen LogP contribution in [0.25, 0.3) is 0 Å². The third-order valence-electron chi connectivity index (χ3n) is 2.59. The highest BCUT2D eigenvalue weighted by Gasteiger charge is 2.32. The predicted octanol–water partition coefficient (Wildman–Crippen LogP) is 1.55. The molecule has 12 heavy (non-hydrogen) atoms. The molecule has 1 atom stereocenters. The second-order valence-corrected chi connectivity index (χ2v) is 3.58. The summed E-state index contributed by atoms with van der Waals surface area (Å²) in [6, 6.07) is 5.32. The Kier molecular flexibility index (Phi) is 1.42. The minimum Gasteiger partial charge on any atom is -0.508 e. The van der Waals surface area contributed by atoms with E-state index in [9.17, 15) is 10.2 Å². The van der Waals surface area contributed by atoms with E-state index in [1.165, 1.54) is 0 Å². The van der Waals surface area contributed by atoms with Crippen LogP contribution in [0, 0.1) is 0 Å². The van der Waals surface area contributed by atoms with E-state index in [0.29, 0.717) is 12.2 Å². The lowest BCUT2D eigenvalue weighted by Crippen LogP contribution is -2.15.